The van der Waals surface area contributed by atoms with Crippen molar-refractivity contribution in [3.05, 3.63) is 74.8 Å². The van der Waals surface area contributed by atoms with Crippen LogP contribution in [0.5, 0.6) is 0 Å². The minimum Gasteiger partial charge on any atom is -0.480 e. The highest BCUT2D eigenvalue weighted by Gasteiger charge is 2.21. The fourth-order valence-electron chi connectivity index (χ4n) is 1.93. The van der Waals surface area contributed by atoms with Crippen LogP contribution in [-0.4, -0.2) is 33.5 Å². The number of hydrogen-bond donors (Lipinski definition) is 1. The number of halogens is 1. The van der Waals surface area contributed by atoms with E-state index in [1.54, 1.807) is 24.3 Å². The van der Waals surface area contributed by atoms with Gasteiger partial charge in [0.05, 0.1) is 4.92 Å². The van der Waals surface area contributed by atoms with E-state index in [0.29, 0.717) is 15.6 Å². The Kier molecular flexibility index (Phi) is 6.04. The van der Waals surface area contributed by atoms with E-state index in [4.69, 9.17) is 21.5 Å². The van der Waals surface area contributed by atoms with Crippen LogP contribution in [0.2, 0.25) is 5.02 Å². The number of rotatable bonds is 7. The van der Waals surface area contributed by atoms with Crippen LogP contribution in [0.25, 0.3) is 0 Å². The SMILES string of the molecule is O=C(O)CN(OCc1ccccc1Cl)C(=O)c1ccc([N+](=O)[O-])cc1. The number of hydroxylamine groups is 2. The molecule has 0 heterocycles. The van der Waals surface area contributed by atoms with Gasteiger partial charge in [0.2, 0.25) is 0 Å². The Morgan fingerprint density at radius 3 is 2.36 bits per heavy atom. The first-order chi connectivity index (χ1) is 11.9. The van der Waals surface area contributed by atoms with Gasteiger partial charge in [-0.25, -0.2) is 5.06 Å². The molecule has 0 radical (unpaired) electrons. The number of nitro groups is 1. The number of carboxylic acid groups (broad SMARTS) is 1. The molecular weight excluding hydrogens is 352 g/mol. The number of carbonyl (C=O) groups excluding carboxylic acids is 1. The van der Waals surface area contributed by atoms with Crippen molar-refractivity contribution in [1.29, 1.82) is 0 Å². The molecule has 0 aliphatic rings. The molecule has 2 rings (SSSR count). The molecule has 0 aliphatic heterocycles. The number of aliphatic carboxylic acids is 1. The van der Waals surface area contributed by atoms with Crippen molar-refractivity contribution in [3.63, 3.8) is 0 Å². The van der Waals surface area contributed by atoms with E-state index in [9.17, 15) is 19.7 Å². The third-order valence-electron chi connectivity index (χ3n) is 3.16. The van der Waals surface area contributed by atoms with Crippen LogP contribution >= 0.6 is 11.6 Å². The molecule has 1 amide bonds. The first kappa shape index (κ1) is 18.4. The van der Waals surface area contributed by atoms with E-state index < -0.39 is 23.3 Å². The number of carbonyl (C=O) groups is 2. The summed E-state index contributed by atoms with van der Waals surface area (Å²) in [5, 5.41) is 20.7. The molecule has 8 nitrogen and oxygen atoms in total. The van der Waals surface area contributed by atoms with E-state index in [2.05, 4.69) is 0 Å². The van der Waals surface area contributed by atoms with Crippen molar-refractivity contribution in [2.24, 2.45) is 0 Å². The fraction of sp³-hybridized carbons (Fsp3) is 0.125. The maximum atomic E-state index is 12.4. The van der Waals surface area contributed by atoms with Gasteiger partial charge in [0.25, 0.3) is 11.6 Å². The number of amides is 1. The second kappa shape index (κ2) is 8.22. The molecule has 130 valence electrons. The minimum absolute atomic E-state index is 0.0611. The maximum absolute atomic E-state index is 12.4. The smallest absolute Gasteiger partial charge is 0.325 e. The van der Waals surface area contributed by atoms with E-state index in [-0.39, 0.29) is 17.9 Å². The summed E-state index contributed by atoms with van der Waals surface area (Å²) in [5.74, 6) is -2.00. The zero-order valence-corrected chi connectivity index (χ0v) is 13.5. The summed E-state index contributed by atoms with van der Waals surface area (Å²) < 4.78 is 0. The van der Waals surface area contributed by atoms with Gasteiger partial charge in [-0.05, 0) is 23.8 Å². The summed E-state index contributed by atoms with van der Waals surface area (Å²) in [6, 6.07) is 11.5. The third-order valence-corrected chi connectivity index (χ3v) is 3.53. The number of hydrogen-bond acceptors (Lipinski definition) is 5. The summed E-state index contributed by atoms with van der Waals surface area (Å²) in [6.45, 7) is -0.800. The summed E-state index contributed by atoms with van der Waals surface area (Å²) >= 11 is 5.99. The largest absolute Gasteiger partial charge is 0.480 e. The standard InChI is InChI=1S/C16H13ClN2O6/c17-14-4-2-1-3-12(14)10-25-18(9-15(20)21)16(22)11-5-7-13(8-6-11)19(23)24/h1-8H,9-10H2,(H,20,21). The summed E-state index contributed by atoms with van der Waals surface area (Å²) in [5.41, 5.74) is 0.459. The Bertz CT molecular complexity index is 793. The summed E-state index contributed by atoms with van der Waals surface area (Å²) in [6.07, 6.45) is 0. The van der Waals surface area contributed by atoms with Gasteiger partial charge in [-0.2, -0.15) is 0 Å². The molecule has 0 aromatic heterocycles. The monoisotopic (exact) mass is 364 g/mol. The molecule has 25 heavy (non-hydrogen) atoms. The molecule has 0 fully saturated rings. The molecule has 0 saturated carbocycles. The number of carboxylic acids is 1. The average Bonchev–Trinajstić information content (AvgIpc) is 2.59. The zero-order chi connectivity index (χ0) is 18.4. The van der Waals surface area contributed by atoms with Gasteiger partial charge in [-0.3, -0.25) is 24.5 Å². The van der Waals surface area contributed by atoms with Crippen LogP contribution in [0.3, 0.4) is 0 Å². The second-order valence-corrected chi connectivity index (χ2v) is 5.31. The van der Waals surface area contributed by atoms with Gasteiger partial charge in [-0.1, -0.05) is 29.8 Å². The summed E-state index contributed by atoms with van der Waals surface area (Å²) in [4.78, 5) is 38.7. The van der Waals surface area contributed by atoms with Crippen molar-refractivity contribution in [2.45, 2.75) is 6.61 Å². The minimum atomic E-state index is -1.27. The van der Waals surface area contributed by atoms with Crippen molar-refractivity contribution in [3.8, 4) is 0 Å². The Hall–Kier alpha value is -2.97. The van der Waals surface area contributed by atoms with E-state index in [1.807, 2.05) is 0 Å². The molecule has 0 spiro atoms. The zero-order valence-electron chi connectivity index (χ0n) is 12.8. The van der Waals surface area contributed by atoms with E-state index in [0.717, 1.165) is 12.1 Å². The molecule has 0 atom stereocenters. The van der Waals surface area contributed by atoms with Crippen LogP contribution in [-0.2, 0) is 16.2 Å². The van der Waals surface area contributed by atoms with Crippen LogP contribution in [0, 0.1) is 10.1 Å². The number of nitro benzene ring substituents is 1. The van der Waals surface area contributed by atoms with Crippen molar-refractivity contribution in [2.75, 3.05) is 6.54 Å². The first-order valence-corrected chi connectivity index (χ1v) is 7.40. The van der Waals surface area contributed by atoms with E-state index >= 15 is 0 Å². The maximum Gasteiger partial charge on any atom is 0.325 e. The molecule has 2 aromatic carbocycles. The van der Waals surface area contributed by atoms with Gasteiger partial charge in [0, 0.05) is 22.7 Å². The van der Waals surface area contributed by atoms with Crippen LogP contribution < -0.4 is 0 Å². The molecule has 0 aliphatic carbocycles. The molecule has 2 aromatic rings. The van der Waals surface area contributed by atoms with Gasteiger partial charge in [-0.15, -0.1) is 0 Å². The normalized spacial score (nSPS) is 10.3. The lowest BCUT2D eigenvalue weighted by molar-refractivity contribution is -0.384. The second-order valence-electron chi connectivity index (χ2n) is 4.90. The molecular formula is C16H13ClN2O6. The van der Waals surface area contributed by atoms with Crippen molar-refractivity contribution in [1.82, 2.24) is 5.06 Å². The molecule has 9 heteroatoms. The topological polar surface area (TPSA) is 110 Å². The first-order valence-electron chi connectivity index (χ1n) is 7.03. The van der Waals surface area contributed by atoms with Gasteiger partial charge in [0.15, 0.2) is 0 Å². The highest BCUT2D eigenvalue weighted by molar-refractivity contribution is 6.31. The number of non-ortho nitro benzene ring substituents is 1. The predicted octanol–water partition coefficient (Wildman–Crippen LogP) is 2.91. The van der Waals surface area contributed by atoms with E-state index in [1.165, 1.54) is 12.1 Å². The van der Waals surface area contributed by atoms with Gasteiger partial charge >= 0.3 is 5.97 Å². The Labute approximate surface area is 147 Å². The predicted molar refractivity (Wildman–Crippen MR) is 88.0 cm³/mol. The highest BCUT2D eigenvalue weighted by atomic mass is 35.5. The van der Waals surface area contributed by atoms with Gasteiger partial charge in [0.1, 0.15) is 13.2 Å². The Morgan fingerprint density at radius 2 is 1.80 bits per heavy atom. The number of nitrogens with zero attached hydrogens (tertiary/aromatic N) is 2. The Balaban J connectivity index is 2.15. The third kappa shape index (κ3) is 5.00. The number of benzene rings is 2. The van der Waals surface area contributed by atoms with Crippen molar-refractivity contribution < 1.29 is 24.5 Å². The highest BCUT2D eigenvalue weighted by Crippen LogP contribution is 2.18. The molecule has 0 saturated heterocycles. The lowest BCUT2D eigenvalue weighted by Gasteiger charge is -2.20. The lowest BCUT2D eigenvalue weighted by Crippen LogP contribution is -2.35. The van der Waals surface area contributed by atoms with Gasteiger partial charge < -0.3 is 5.11 Å². The van der Waals surface area contributed by atoms with Crippen LogP contribution in [0.1, 0.15) is 15.9 Å². The van der Waals surface area contributed by atoms with Crippen LogP contribution in [0.4, 0.5) is 5.69 Å². The molecule has 0 unspecified atom stereocenters. The van der Waals surface area contributed by atoms with Crippen molar-refractivity contribution >= 4 is 29.2 Å². The average molecular weight is 365 g/mol. The summed E-state index contributed by atoms with van der Waals surface area (Å²) in [7, 11) is 0. The lowest BCUT2D eigenvalue weighted by atomic mass is 10.2. The quantitative estimate of drug-likeness (QED) is 0.597. The molecule has 0 bridgehead atoms. The van der Waals surface area contributed by atoms with Crippen LogP contribution in [0.15, 0.2) is 48.5 Å². The molecule has 1 N–H and O–H groups in total. The fourth-order valence-corrected chi connectivity index (χ4v) is 2.12. The Morgan fingerprint density at radius 1 is 1.16 bits per heavy atom.